The molecule has 11 heteroatoms. The quantitative estimate of drug-likeness (QED) is 0.244. The number of nitrogens with one attached hydrogen (secondary N) is 2. The van der Waals surface area contributed by atoms with Gasteiger partial charge in [-0.05, 0) is 49.4 Å². The number of furan rings is 1. The summed E-state index contributed by atoms with van der Waals surface area (Å²) >= 11 is 1.51. The number of hydrazone groups is 1. The molecule has 34 heavy (non-hydrogen) atoms. The average molecular weight is 491 g/mol. The number of para-hydroxylation sites is 1. The molecule has 0 fully saturated rings. The molecule has 2 N–H and O–H groups in total. The Bertz CT molecular complexity index is 1560. The predicted octanol–water partition coefficient (Wildman–Crippen LogP) is 4.98. The van der Waals surface area contributed by atoms with E-state index in [0.717, 1.165) is 10.2 Å². The molecule has 0 spiro atoms. The van der Waals surface area contributed by atoms with Crippen molar-refractivity contribution in [2.45, 2.75) is 11.8 Å². The highest BCUT2D eigenvalue weighted by molar-refractivity contribution is 7.92. The van der Waals surface area contributed by atoms with Crippen molar-refractivity contribution in [1.29, 1.82) is 0 Å². The molecule has 0 aliphatic heterocycles. The summed E-state index contributed by atoms with van der Waals surface area (Å²) in [5, 5.41) is 5.05. The van der Waals surface area contributed by atoms with Crippen LogP contribution in [0.2, 0.25) is 0 Å². The summed E-state index contributed by atoms with van der Waals surface area (Å²) in [6.07, 6.45) is 2.92. The first-order valence-corrected chi connectivity index (χ1v) is 12.4. The van der Waals surface area contributed by atoms with Crippen molar-refractivity contribution < 1.29 is 12.8 Å². The number of aromatic nitrogens is 3. The van der Waals surface area contributed by atoms with Crippen molar-refractivity contribution in [3.63, 3.8) is 0 Å². The summed E-state index contributed by atoms with van der Waals surface area (Å²) < 4.78 is 34.8. The number of anilines is 2. The molecule has 0 atom stereocenters. The molecular weight excluding hydrogens is 472 g/mol. The number of hydrogen-bond acceptors (Lipinski definition) is 9. The van der Waals surface area contributed by atoms with E-state index in [1.165, 1.54) is 35.9 Å². The van der Waals surface area contributed by atoms with Crippen LogP contribution in [-0.4, -0.2) is 29.1 Å². The first kappa shape index (κ1) is 21.7. The molecule has 3 heterocycles. The molecular formula is C23H18N6O3S2. The Kier molecular flexibility index (Phi) is 5.78. The van der Waals surface area contributed by atoms with Gasteiger partial charge in [-0.25, -0.2) is 28.1 Å². The minimum atomic E-state index is -3.86. The Balaban J connectivity index is 1.34. The monoisotopic (exact) mass is 490 g/mol. The fourth-order valence-corrected chi connectivity index (χ4v) is 4.95. The molecule has 0 radical (unpaired) electrons. The van der Waals surface area contributed by atoms with Crippen LogP contribution in [0.25, 0.3) is 21.5 Å². The van der Waals surface area contributed by atoms with Gasteiger partial charge in [0.15, 0.2) is 5.76 Å². The highest BCUT2D eigenvalue weighted by atomic mass is 32.2. The molecule has 0 amide bonds. The molecule has 0 bridgehead atoms. The fourth-order valence-electron chi connectivity index (χ4n) is 3.14. The molecule has 0 aliphatic carbocycles. The van der Waals surface area contributed by atoms with Gasteiger partial charge in [0.25, 0.3) is 10.0 Å². The second kappa shape index (κ2) is 9.04. The minimum Gasteiger partial charge on any atom is -0.455 e. The number of sulfonamides is 1. The van der Waals surface area contributed by atoms with Crippen LogP contribution in [0.5, 0.6) is 0 Å². The third-order valence-electron chi connectivity index (χ3n) is 4.80. The van der Waals surface area contributed by atoms with Crippen LogP contribution >= 0.6 is 11.3 Å². The lowest BCUT2D eigenvalue weighted by Gasteiger charge is -2.07. The SMILES string of the molecule is CC(=NNc1nc2ccccc2s1)c1ccc(-c2cccc(S(=O)(=O)Nc3ncccn3)c2)o1. The molecule has 0 saturated carbocycles. The van der Waals surface area contributed by atoms with Crippen molar-refractivity contribution in [2.75, 3.05) is 10.1 Å². The molecule has 5 rings (SSSR count). The van der Waals surface area contributed by atoms with Crippen LogP contribution < -0.4 is 10.1 Å². The van der Waals surface area contributed by atoms with Crippen molar-refractivity contribution in [3.8, 4) is 11.3 Å². The maximum absolute atomic E-state index is 12.7. The average Bonchev–Trinajstić information content (AvgIpc) is 3.50. The highest BCUT2D eigenvalue weighted by Crippen LogP contribution is 2.27. The standard InChI is InChI=1S/C23H18N6O3S2/c1-15(27-28-23-26-18-8-2-3-9-21(18)33-23)19-10-11-20(32-19)16-6-4-7-17(14-16)34(30,31)29-22-24-12-5-13-25-22/h2-14H,1H3,(H,26,28)(H,24,25,29). The van der Waals surface area contributed by atoms with E-state index in [1.807, 2.05) is 31.2 Å². The van der Waals surface area contributed by atoms with Crippen molar-refractivity contribution in [2.24, 2.45) is 5.10 Å². The van der Waals surface area contributed by atoms with E-state index < -0.39 is 10.0 Å². The second-order valence-electron chi connectivity index (χ2n) is 7.17. The Morgan fingerprint density at radius 2 is 1.82 bits per heavy atom. The Labute approximate surface area is 199 Å². The first-order chi connectivity index (χ1) is 16.5. The predicted molar refractivity (Wildman–Crippen MR) is 132 cm³/mol. The van der Waals surface area contributed by atoms with Crippen LogP contribution in [0, 0.1) is 0 Å². The minimum absolute atomic E-state index is 0.000603. The largest absolute Gasteiger partial charge is 0.455 e. The lowest BCUT2D eigenvalue weighted by Crippen LogP contribution is -2.14. The second-order valence-corrected chi connectivity index (χ2v) is 9.88. The topological polar surface area (TPSA) is 122 Å². The third kappa shape index (κ3) is 4.65. The zero-order chi connectivity index (χ0) is 23.5. The molecule has 0 unspecified atom stereocenters. The molecule has 3 aromatic heterocycles. The van der Waals surface area contributed by atoms with Crippen LogP contribution in [0.3, 0.4) is 0 Å². The zero-order valence-electron chi connectivity index (χ0n) is 17.8. The lowest BCUT2D eigenvalue weighted by molar-refractivity contribution is 0.571. The highest BCUT2D eigenvalue weighted by Gasteiger charge is 2.17. The number of benzene rings is 2. The summed E-state index contributed by atoms with van der Waals surface area (Å²) in [4.78, 5) is 12.4. The molecule has 0 aliphatic rings. The number of nitrogens with zero attached hydrogens (tertiary/aromatic N) is 4. The van der Waals surface area contributed by atoms with Crippen LogP contribution in [0.1, 0.15) is 12.7 Å². The van der Waals surface area contributed by atoms with E-state index in [-0.39, 0.29) is 10.8 Å². The Morgan fingerprint density at radius 3 is 2.65 bits per heavy atom. The van der Waals surface area contributed by atoms with Gasteiger partial charge in [0.1, 0.15) is 11.5 Å². The Morgan fingerprint density at radius 1 is 1.00 bits per heavy atom. The van der Waals surface area contributed by atoms with Crippen molar-refractivity contribution >= 4 is 48.4 Å². The fraction of sp³-hybridized carbons (Fsp3) is 0.0435. The van der Waals surface area contributed by atoms with Gasteiger partial charge in [-0.15, -0.1) is 0 Å². The number of thiazole rings is 1. The van der Waals surface area contributed by atoms with Gasteiger partial charge in [-0.3, -0.25) is 5.43 Å². The number of fused-ring (bicyclic) bond motifs is 1. The summed E-state index contributed by atoms with van der Waals surface area (Å²) in [6, 6.07) is 19.5. The summed E-state index contributed by atoms with van der Waals surface area (Å²) in [5.74, 6) is 1.06. The van der Waals surface area contributed by atoms with Gasteiger partial charge in [0.05, 0.1) is 15.1 Å². The molecule has 2 aromatic carbocycles. The van der Waals surface area contributed by atoms with Gasteiger partial charge >= 0.3 is 0 Å². The van der Waals surface area contributed by atoms with Gasteiger partial charge < -0.3 is 4.42 Å². The first-order valence-electron chi connectivity index (χ1n) is 10.1. The lowest BCUT2D eigenvalue weighted by atomic mass is 10.2. The zero-order valence-corrected chi connectivity index (χ0v) is 19.5. The smallest absolute Gasteiger partial charge is 0.264 e. The molecule has 0 saturated heterocycles. The van der Waals surface area contributed by atoms with Crippen LogP contribution in [0.15, 0.2) is 93.5 Å². The van der Waals surface area contributed by atoms with Crippen molar-refractivity contribution in [3.05, 3.63) is 84.9 Å². The van der Waals surface area contributed by atoms with E-state index in [4.69, 9.17) is 4.42 Å². The maximum atomic E-state index is 12.7. The van der Waals surface area contributed by atoms with Gasteiger partial charge in [0.2, 0.25) is 11.1 Å². The van der Waals surface area contributed by atoms with E-state index >= 15 is 0 Å². The molecule has 170 valence electrons. The third-order valence-corrected chi connectivity index (χ3v) is 7.06. The van der Waals surface area contributed by atoms with E-state index in [1.54, 1.807) is 30.3 Å². The number of rotatable bonds is 7. The van der Waals surface area contributed by atoms with Gasteiger partial charge in [-0.1, -0.05) is 35.6 Å². The normalized spacial score (nSPS) is 12.1. The van der Waals surface area contributed by atoms with Gasteiger partial charge in [-0.2, -0.15) is 5.10 Å². The molecule has 9 nitrogen and oxygen atoms in total. The van der Waals surface area contributed by atoms with Crippen LogP contribution in [0.4, 0.5) is 11.1 Å². The van der Waals surface area contributed by atoms with E-state index in [2.05, 4.69) is 30.2 Å². The maximum Gasteiger partial charge on any atom is 0.264 e. The summed E-state index contributed by atoms with van der Waals surface area (Å²) in [7, 11) is -3.86. The Hall–Kier alpha value is -4.09. The van der Waals surface area contributed by atoms with Gasteiger partial charge in [0, 0.05) is 18.0 Å². The number of hydrogen-bond donors (Lipinski definition) is 2. The summed E-state index contributed by atoms with van der Waals surface area (Å²) in [5.41, 5.74) is 5.11. The van der Waals surface area contributed by atoms with E-state index in [0.29, 0.717) is 27.9 Å². The molecule has 5 aromatic rings. The van der Waals surface area contributed by atoms with Crippen molar-refractivity contribution in [1.82, 2.24) is 15.0 Å². The van der Waals surface area contributed by atoms with E-state index in [9.17, 15) is 8.42 Å². The van der Waals surface area contributed by atoms with Crippen LogP contribution in [-0.2, 0) is 10.0 Å². The summed E-state index contributed by atoms with van der Waals surface area (Å²) in [6.45, 7) is 1.81.